The zero-order valence-corrected chi connectivity index (χ0v) is 13.7. The molecule has 0 aliphatic rings. The normalized spacial score (nSPS) is 12.5. The summed E-state index contributed by atoms with van der Waals surface area (Å²) in [5.74, 6) is 0.737. The smallest absolute Gasteiger partial charge is 0.138 e. The van der Waals surface area contributed by atoms with Crippen molar-refractivity contribution in [3.05, 3.63) is 57.8 Å². The largest absolute Gasteiger partial charge is 0.489 e. The first kappa shape index (κ1) is 16.1. The minimum Gasteiger partial charge on any atom is -0.489 e. The molecule has 2 aromatic rings. The van der Waals surface area contributed by atoms with E-state index in [0.29, 0.717) is 10.0 Å². The summed E-state index contributed by atoms with van der Waals surface area (Å²) in [6.45, 7) is 3.96. The van der Waals surface area contributed by atoms with Crippen LogP contribution in [-0.4, -0.2) is 18.1 Å². The van der Waals surface area contributed by atoms with Gasteiger partial charge in [-0.3, -0.25) is 4.98 Å². The molecule has 0 radical (unpaired) electrons. The number of rotatable bonds is 5. The molecule has 1 aromatic carbocycles. The molecule has 0 saturated heterocycles. The second-order valence-electron chi connectivity index (χ2n) is 5.01. The second-order valence-corrected chi connectivity index (χ2v) is 5.85. The van der Waals surface area contributed by atoms with E-state index in [9.17, 15) is 0 Å². The number of hydrogen-bond donors (Lipinski definition) is 1. The summed E-state index contributed by atoms with van der Waals surface area (Å²) in [6, 6.07) is 7.30. The van der Waals surface area contributed by atoms with Gasteiger partial charge in [-0.2, -0.15) is 0 Å². The van der Waals surface area contributed by atoms with Crippen LogP contribution in [0.25, 0.3) is 0 Å². The van der Waals surface area contributed by atoms with E-state index in [-0.39, 0.29) is 12.1 Å². The molecule has 1 N–H and O–H groups in total. The Morgan fingerprint density at radius 2 is 1.90 bits per heavy atom. The number of hydrogen-bond acceptors (Lipinski definition) is 3. The van der Waals surface area contributed by atoms with Crippen molar-refractivity contribution in [2.75, 3.05) is 7.05 Å². The van der Waals surface area contributed by atoms with Crippen LogP contribution in [0.1, 0.15) is 31.0 Å². The van der Waals surface area contributed by atoms with E-state index in [2.05, 4.69) is 10.3 Å². The number of nitrogens with one attached hydrogen (secondary N) is 1. The van der Waals surface area contributed by atoms with E-state index >= 15 is 0 Å². The van der Waals surface area contributed by atoms with Gasteiger partial charge in [-0.15, -0.1) is 0 Å². The van der Waals surface area contributed by atoms with Gasteiger partial charge in [0.1, 0.15) is 5.75 Å². The molecular weight excluding hydrogens is 307 g/mol. The molecule has 5 heteroatoms. The number of benzene rings is 1. The highest BCUT2D eigenvalue weighted by molar-refractivity contribution is 6.33. The van der Waals surface area contributed by atoms with Crippen LogP contribution in [0.2, 0.25) is 10.0 Å². The Kier molecular flexibility index (Phi) is 5.45. The Morgan fingerprint density at radius 3 is 2.57 bits per heavy atom. The summed E-state index contributed by atoms with van der Waals surface area (Å²) in [5, 5.41) is 4.56. The van der Waals surface area contributed by atoms with Crippen LogP contribution in [0.5, 0.6) is 5.75 Å². The molecule has 0 bridgehead atoms. The van der Waals surface area contributed by atoms with E-state index in [1.165, 1.54) is 0 Å². The molecule has 2 rings (SSSR count). The fourth-order valence-electron chi connectivity index (χ4n) is 2.17. The van der Waals surface area contributed by atoms with Gasteiger partial charge < -0.3 is 10.1 Å². The maximum atomic E-state index is 6.29. The summed E-state index contributed by atoms with van der Waals surface area (Å²) in [6.07, 6.45) is 3.60. The van der Waals surface area contributed by atoms with Crippen LogP contribution >= 0.6 is 23.2 Å². The molecule has 112 valence electrons. The van der Waals surface area contributed by atoms with Gasteiger partial charge in [0.05, 0.1) is 18.3 Å². The highest BCUT2D eigenvalue weighted by Gasteiger charge is 2.17. The lowest BCUT2D eigenvalue weighted by Gasteiger charge is -2.19. The van der Waals surface area contributed by atoms with Crippen molar-refractivity contribution < 1.29 is 4.74 Å². The highest BCUT2D eigenvalue weighted by atomic mass is 35.5. The summed E-state index contributed by atoms with van der Waals surface area (Å²) in [7, 11) is 1.87. The van der Waals surface area contributed by atoms with E-state index in [1.54, 1.807) is 24.5 Å². The summed E-state index contributed by atoms with van der Waals surface area (Å²) in [4.78, 5) is 4.24. The van der Waals surface area contributed by atoms with Crippen LogP contribution < -0.4 is 10.1 Å². The first-order valence-corrected chi connectivity index (χ1v) is 7.50. The van der Waals surface area contributed by atoms with Crippen LogP contribution in [0, 0.1) is 0 Å². The number of aromatic nitrogens is 1. The van der Waals surface area contributed by atoms with Gasteiger partial charge in [0.15, 0.2) is 0 Å². The van der Waals surface area contributed by atoms with E-state index in [0.717, 1.165) is 16.9 Å². The van der Waals surface area contributed by atoms with Crippen molar-refractivity contribution >= 4 is 23.2 Å². The Hall–Kier alpha value is -1.29. The third-order valence-corrected chi connectivity index (χ3v) is 3.58. The molecule has 21 heavy (non-hydrogen) atoms. The Labute approximate surface area is 135 Å². The Bertz CT molecular complexity index is 617. The van der Waals surface area contributed by atoms with Gasteiger partial charge in [0.2, 0.25) is 0 Å². The first-order chi connectivity index (χ1) is 10.0. The van der Waals surface area contributed by atoms with Gasteiger partial charge in [0.25, 0.3) is 0 Å². The van der Waals surface area contributed by atoms with E-state index < -0.39 is 0 Å². The maximum absolute atomic E-state index is 6.29. The zero-order chi connectivity index (χ0) is 15.4. The lowest BCUT2D eigenvalue weighted by atomic mass is 10.00. The maximum Gasteiger partial charge on any atom is 0.138 e. The van der Waals surface area contributed by atoms with Crippen molar-refractivity contribution in [2.24, 2.45) is 0 Å². The topological polar surface area (TPSA) is 34.2 Å². The number of pyridine rings is 1. The van der Waals surface area contributed by atoms with Crippen molar-refractivity contribution in [3.63, 3.8) is 0 Å². The average molecular weight is 325 g/mol. The second kappa shape index (κ2) is 7.12. The third kappa shape index (κ3) is 4.10. The molecule has 0 amide bonds. The zero-order valence-electron chi connectivity index (χ0n) is 12.2. The van der Waals surface area contributed by atoms with Gasteiger partial charge in [-0.25, -0.2) is 0 Å². The molecular formula is C16H18Cl2N2O. The lowest BCUT2D eigenvalue weighted by Crippen LogP contribution is -2.18. The Morgan fingerprint density at radius 1 is 1.14 bits per heavy atom. The third-order valence-electron chi connectivity index (χ3n) is 3.00. The van der Waals surface area contributed by atoms with Gasteiger partial charge >= 0.3 is 0 Å². The number of ether oxygens (including phenoxy) is 1. The van der Waals surface area contributed by atoms with E-state index in [1.807, 2.05) is 33.0 Å². The van der Waals surface area contributed by atoms with Gasteiger partial charge in [-0.1, -0.05) is 23.2 Å². The van der Waals surface area contributed by atoms with Crippen molar-refractivity contribution in [2.45, 2.75) is 26.0 Å². The summed E-state index contributed by atoms with van der Waals surface area (Å²) >= 11 is 12.4. The Balaban J connectivity index is 2.39. The molecule has 0 aliphatic carbocycles. The SMILES string of the molecule is CNC(c1cncc(OC(C)C)c1)c1cc(Cl)ccc1Cl. The molecule has 0 aliphatic heterocycles. The standard InChI is InChI=1S/C16H18Cl2N2O/c1-10(2)21-13-6-11(8-20-9-13)16(19-3)14-7-12(17)4-5-15(14)18/h4-10,16,19H,1-3H3. The first-order valence-electron chi connectivity index (χ1n) is 6.75. The monoisotopic (exact) mass is 324 g/mol. The molecule has 0 spiro atoms. The minimum atomic E-state index is -0.0978. The van der Waals surface area contributed by atoms with E-state index in [4.69, 9.17) is 27.9 Å². The number of halogens is 2. The van der Waals surface area contributed by atoms with Crippen molar-refractivity contribution in [1.29, 1.82) is 0 Å². The minimum absolute atomic E-state index is 0.0978. The predicted molar refractivity (Wildman–Crippen MR) is 87.4 cm³/mol. The van der Waals surface area contributed by atoms with Crippen molar-refractivity contribution in [3.8, 4) is 5.75 Å². The van der Waals surface area contributed by atoms with Crippen LogP contribution in [0.4, 0.5) is 0 Å². The molecule has 0 fully saturated rings. The fraction of sp³-hybridized carbons (Fsp3) is 0.312. The molecule has 3 nitrogen and oxygen atoms in total. The fourth-order valence-corrected chi connectivity index (χ4v) is 2.57. The van der Waals surface area contributed by atoms with Gasteiger partial charge in [-0.05, 0) is 56.3 Å². The summed E-state index contributed by atoms with van der Waals surface area (Å²) in [5.41, 5.74) is 1.88. The average Bonchev–Trinajstić information content (AvgIpc) is 2.43. The molecule has 1 aromatic heterocycles. The lowest BCUT2D eigenvalue weighted by molar-refractivity contribution is 0.241. The van der Waals surface area contributed by atoms with Crippen molar-refractivity contribution in [1.82, 2.24) is 10.3 Å². The van der Waals surface area contributed by atoms with Crippen LogP contribution in [0.15, 0.2) is 36.7 Å². The quantitative estimate of drug-likeness (QED) is 0.880. The van der Waals surface area contributed by atoms with Crippen LogP contribution in [-0.2, 0) is 0 Å². The molecule has 1 unspecified atom stereocenters. The number of nitrogens with zero attached hydrogens (tertiary/aromatic N) is 1. The molecule has 0 saturated carbocycles. The highest BCUT2D eigenvalue weighted by Crippen LogP contribution is 2.31. The molecule has 1 heterocycles. The van der Waals surface area contributed by atoms with Crippen LogP contribution in [0.3, 0.4) is 0 Å². The summed E-state index contributed by atoms with van der Waals surface area (Å²) < 4.78 is 5.69. The molecule has 1 atom stereocenters. The predicted octanol–water partition coefficient (Wildman–Crippen LogP) is 4.48. The van der Waals surface area contributed by atoms with Gasteiger partial charge in [0, 0.05) is 16.2 Å².